The quantitative estimate of drug-likeness (QED) is 0.0786. The second-order valence-corrected chi connectivity index (χ2v) is 13.7. The van der Waals surface area contributed by atoms with E-state index in [1.165, 1.54) is 0 Å². The summed E-state index contributed by atoms with van der Waals surface area (Å²) in [5.74, 6) is 4.54. The molecule has 2 heterocycles. The first-order valence-electron chi connectivity index (χ1n) is 19.3. The summed E-state index contributed by atoms with van der Waals surface area (Å²) in [4.78, 5) is 18.5. The van der Waals surface area contributed by atoms with Gasteiger partial charge in [-0.2, -0.15) is 0 Å². The van der Waals surface area contributed by atoms with Crippen LogP contribution >= 0.6 is 0 Å². The van der Waals surface area contributed by atoms with Crippen LogP contribution in [0.15, 0.2) is 71.9 Å². The summed E-state index contributed by atoms with van der Waals surface area (Å²) >= 11 is 0. The summed E-state index contributed by atoms with van der Waals surface area (Å²) in [7, 11) is 9.60. The largest absolute Gasteiger partial charge is 0.493 e. The molecule has 2 atom stereocenters. The Morgan fingerprint density at radius 1 is 0.596 bits per heavy atom. The van der Waals surface area contributed by atoms with Crippen molar-refractivity contribution >= 4 is 17.3 Å². The maximum Gasteiger partial charge on any atom is 0.255 e. The van der Waals surface area contributed by atoms with Crippen molar-refractivity contribution < 1.29 is 47.5 Å². The molecule has 2 unspecified atom stereocenters. The minimum atomic E-state index is -0.356. The third kappa shape index (κ3) is 9.70. The van der Waals surface area contributed by atoms with Gasteiger partial charge in [-0.25, -0.2) is 0 Å². The predicted molar refractivity (Wildman–Crippen MR) is 217 cm³/mol. The molecule has 1 amide bonds. The highest BCUT2D eigenvalue weighted by molar-refractivity contribution is 6.02. The molecule has 0 radical (unpaired) electrons. The number of hydrogen-bond acceptors (Lipinski definition) is 12. The molecule has 0 fully saturated rings. The molecule has 4 aromatic carbocycles. The number of para-hydroxylation sites is 1. The van der Waals surface area contributed by atoms with Gasteiger partial charge < -0.3 is 53.4 Å². The van der Waals surface area contributed by atoms with Crippen molar-refractivity contribution in [3.05, 3.63) is 89.0 Å². The fourth-order valence-corrected chi connectivity index (χ4v) is 7.00. The van der Waals surface area contributed by atoms with Gasteiger partial charge in [0.25, 0.3) is 5.91 Å². The van der Waals surface area contributed by atoms with Crippen LogP contribution < -0.4 is 48.5 Å². The van der Waals surface area contributed by atoms with Crippen LogP contribution in [0.2, 0.25) is 0 Å². The Labute approximate surface area is 334 Å². The van der Waals surface area contributed by atoms with Crippen molar-refractivity contribution in [3.8, 4) is 46.0 Å². The highest BCUT2D eigenvalue weighted by Gasteiger charge is 2.29. The van der Waals surface area contributed by atoms with Gasteiger partial charge in [-0.3, -0.25) is 4.79 Å². The van der Waals surface area contributed by atoms with E-state index >= 15 is 0 Å². The number of unbranched alkanes of at least 4 members (excludes halogenated alkanes) is 6. The Hall–Kier alpha value is -5.98. The summed E-state index contributed by atoms with van der Waals surface area (Å²) < 4.78 is 45.9. The second kappa shape index (κ2) is 19.7. The Bertz CT molecular complexity index is 1970. The molecule has 0 spiro atoms. The first kappa shape index (κ1) is 40.7. The number of nitrogens with zero attached hydrogens (tertiary/aromatic N) is 1. The molecule has 0 aliphatic carbocycles. The molecule has 0 saturated carbocycles. The molecule has 304 valence electrons. The summed E-state index contributed by atoms with van der Waals surface area (Å²) in [6, 6.07) is 20.8. The SMILES string of the molecule is COc1cc(C2NC(=O)c3ccccc3N2)ccc1OCCCCCCCCCOc1c(OC)cc(C2CC(c3cc(OC)c(OC)c(OC)c3)=NO2)cc1OC. The first-order chi connectivity index (χ1) is 27.9. The van der Waals surface area contributed by atoms with Crippen LogP contribution in [0.25, 0.3) is 0 Å². The number of oxime groups is 1. The van der Waals surface area contributed by atoms with Gasteiger partial charge in [0, 0.05) is 23.2 Å². The number of methoxy groups -OCH3 is 6. The molecule has 0 bridgehead atoms. The van der Waals surface area contributed by atoms with Crippen LogP contribution in [-0.4, -0.2) is 67.5 Å². The molecule has 4 aromatic rings. The predicted octanol–water partition coefficient (Wildman–Crippen LogP) is 8.65. The van der Waals surface area contributed by atoms with Crippen LogP contribution in [-0.2, 0) is 4.84 Å². The average Bonchev–Trinajstić information content (AvgIpc) is 3.75. The standard InChI is InChI=1S/C44H53N3O10/c1-49-36-22-28(43-45-32-17-13-12-16-31(32)44(48)46-43)18-19-34(36)55-20-14-10-8-7-9-11-15-21-56-42-39(52-4)25-30(26-40(42)53-5)35-27-33(47-57-35)29-23-37(50-2)41(54-6)38(24-29)51-3/h12-13,16-19,22-26,35,43,45H,7-11,14-15,20-21,27H2,1-6H3,(H,46,48). The number of carbonyl (C=O) groups excluding carboxylic acids is 1. The van der Waals surface area contributed by atoms with E-state index in [1.807, 2.05) is 60.7 Å². The van der Waals surface area contributed by atoms with Crippen LogP contribution in [0.3, 0.4) is 0 Å². The van der Waals surface area contributed by atoms with Gasteiger partial charge in [0.15, 0.2) is 40.6 Å². The lowest BCUT2D eigenvalue weighted by molar-refractivity contribution is 0.0852. The van der Waals surface area contributed by atoms with E-state index in [9.17, 15) is 4.79 Å². The molecular weight excluding hydrogens is 730 g/mol. The maximum absolute atomic E-state index is 12.6. The van der Waals surface area contributed by atoms with Crippen LogP contribution in [0.1, 0.15) is 90.7 Å². The Morgan fingerprint density at radius 3 is 1.81 bits per heavy atom. The molecule has 2 aliphatic rings. The minimum Gasteiger partial charge on any atom is -0.493 e. The van der Waals surface area contributed by atoms with E-state index in [4.69, 9.17) is 42.7 Å². The molecule has 0 saturated heterocycles. The topological polar surface area (TPSA) is 137 Å². The van der Waals surface area contributed by atoms with Crippen LogP contribution in [0, 0.1) is 0 Å². The normalized spacial score (nSPS) is 15.6. The smallest absolute Gasteiger partial charge is 0.255 e. The lowest BCUT2D eigenvalue weighted by Gasteiger charge is -2.28. The molecule has 0 aromatic heterocycles. The number of carbonyl (C=O) groups is 1. The van der Waals surface area contributed by atoms with Crippen LogP contribution in [0.4, 0.5) is 5.69 Å². The monoisotopic (exact) mass is 783 g/mol. The number of hydrogen-bond donors (Lipinski definition) is 2. The molecule has 13 heteroatoms. The highest BCUT2D eigenvalue weighted by atomic mass is 16.6. The number of fused-ring (bicyclic) bond motifs is 1. The number of benzene rings is 4. The van der Waals surface area contributed by atoms with Gasteiger partial charge in [0.1, 0.15) is 6.17 Å². The Balaban J connectivity index is 0.895. The molecule has 57 heavy (non-hydrogen) atoms. The Kier molecular flexibility index (Phi) is 14.1. The summed E-state index contributed by atoms with van der Waals surface area (Å²) in [5, 5.41) is 10.8. The van der Waals surface area contributed by atoms with Gasteiger partial charge in [-0.05, 0) is 66.9 Å². The molecule has 2 aliphatic heterocycles. The Morgan fingerprint density at radius 2 is 1.18 bits per heavy atom. The number of ether oxygens (including phenoxy) is 8. The van der Waals surface area contributed by atoms with Crippen molar-refractivity contribution in [1.29, 1.82) is 0 Å². The van der Waals surface area contributed by atoms with E-state index in [0.717, 1.165) is 73.0 Å². The minimum absolute atomic E-state index is 0.109. The third-order valence-electron chi connectivity index (χ3n) is 10.1. The van der Waals surface area contributed by atoms with Gasteiger partial charge in [-0.1, -0.05) is 55.5 Å². The number of rotatable bonds is 21. The average molecular weight is 784 g/mol. The van der Waals surface area contributed by atoms with Crippen molar-refractivity contribution in [2.45, 2.75) is 63.6 Å². The van der Waals surface area contributed by atoms with E-state index < -0.39 is 0 Å². The fraction of sp³-hybridized carbons (Fsp3) is 0.409. The molecular formula is C44H53N3O10. The lowest BCUT2D eigenvalue weighted by atomic mass is 9.99. The zero-order valence-corrected chi connectivity index (χ0v) is 33.6. The first-order valence-corrected chi connectivity index (χ1v) is 19.3. The summed E-state index contributed by atoms with van der Waals surface area (Å²) in [6.45, 7) is 1.15. The molecule has 2 N–H and O–H groups in total. The second-order valence-electron chi connectivity index (χ2n) is 13.7. The van der Waals surface area contributed by atoms with Crippen molar-refractivity contribution in [1.82, 2.24) is 5.32 Å². The number of amides is 1. The van der Waals surface area contributed by atoms with E-state index in [1.54, 1.807) is 48.7 Å². The lowest BCUT2D eigenvalue weighted by Crippen LogP contribution is -2.38. The van der Waals surface area contributed by atoms with E-state index in [2.05, 4.69) is 15.8 Å². The van der Waals surface area contributed by atoms with Gasteiger partial charge in [-0.15, -0.1) is 0 Å². The highest BCUT2D eigenvalue weighted by Crippen LogP contribution is 2.44. The maximum atomic E-state index is 12.6. The van der Waals surface area contributed by atoms with Crippen molar-refractivity contribution in [3.63, 3.8) is 0 Å². The third-order valence-corrected chi connectivity index (χ3v) is 10.1. The zero-order valence-electron chi connectivity index (χ0n) is 33.6. The van der Waals surface area contributed by atoms with Crippen molar-refractivity contribution in [2.24, 2.45) is 5.16 Å². The number of anilines is 1. The zero-order chi connectivity index (χ0) is 40.1. The van der Waals surface area contributed by atoms with Gasteiger partial charge in [0.05, 0.1) is 67.1 Å². The molecule has 6 rings (SSSR count). The van der Waals surface area contributed by atoms with E-state index in [0.29, 0.717) is 71.2 Å². The number of nitrogens with one attached hydrogen (secondary N) is 2. The molecule has 13 nitrogen and oxygen atoms in total. The van der Waals surface area contributed by atoms with Gasteiger partial charge in [0.2, 0.25) is 11.5 Å². The van der Waals surface area contributed by atoms with Crippen molar-refractivity contribution in [2.75, 3.05) is 61.2 Å². The summed E-state index contributed by atoms with van der Waals surface area (Å²) in [5.41, 5.74) is 4.76. The van der Waals surface area contributed by atoms with E-state index in [-0.39, 0.29) is 18.2 Å². The van der Waals surface area contributed by atoms with Gasteiger partial charge >= 0.3 is 0 Å². The van der Waals surface area contributed by atoms with Crippen LogP contribution in [0.5, 0.6) is 46.0 Å². The fourth-order valence-electron chi connectivity index (χ4n) is 7.00. The summed E-state index contributed by atoms with van der Waals surface area (Å²) in [6.07, 6.45) is 7.22.